The Bertz CT molecular complexity index is 1530. The lowest BCUT2D eigenvalue weighted by Gasteiger charge is -2.02. The SMILES string of the molecule is O=C1c2nccnc2-c2nc3cc4nc5ccccc5nc4cc3n21.O=P([O-])(O)O. The second kappa shape index (κ2) is 6.44. The summed E-state index contributed by atoms with van der Waals surface area (Å²) in [5.41, 5.74) is 5.33. The van der Waals surface area contributed by atoms with E-state index in [4.69, 9.17) is 19.2 Å². The topological polar surface area (TPSA) is 167 Å². The molecule has 30 heavy (non-hydrogen) atoms. The Morgan fingerprint density at radius 2 is 1.40 bits per heavy atom. The molecule has 2 N–H and O–H groups in total. The number of phosphoric acid groups is 1. The zero-order valence-corrected chi connectivity index (χ0v) is 15.8. The quantitative estimate of drug-likeness (QED) is 0.267. The molecule has 4 heterocycles. The van der Waals surface area contributed by atoms with Crippen LogP contribution in [-0.2, 0) is 4.57 Å². The van der Waals surface area contributed by atoms with Crippen LogP contribution in [0.25, 0.3) is 44.6 Å². The number of fused-ring (bicyclic) bond motifs is 7. The third kappa shape index (κ3) is 3.02. The molecule has 0 fully saturated rings. The predicted molar refractivity (Wildman–Crippen MR) is 103 cm³/mol. The van der Waals surface area contributed by atoms with Crippen molar-refractivity contribution in [2.75, 3.05) is 0 Å². The summed E-state index contributed by atoms with van der Waals surface area (Å²) >= 11 is 0. The Kier molecular flexibility index (Phi) is 3.95. The van der Waals surface area contributed by atoms with Gasteiger partial charge in [-0.05, 0) is 24.3 Å². The molecule has 0 saturated heterocycles. The van der Waals surface area contributed by atoms with Crippen molar-refractivity contribution in [3.05, 3.63) is 54.5 Å². The minimum Gasteiger partial charge on any atom is -0.756 e. The van der Waals surface area contributed by atoms with Crippen LogP contribution in [-0.4, -0.2) is 45.2 Å². The number of nitrogens with zero attached hydrogens (tertiary/aromatic N) is 6. The first kappa shape index (κ1) is 18.4. The molecule has 2 aromatic carbocycles. The molecule has 3 aromatic heterocycles. The van der Waals surface area contributed by atoms with Crippen molar-refractivity contribution in [1.29, 1.82) is 0 Å². The molecule has 0 saturated carbocycles. The van der Waals surface area contributed by atoms with E-state index in [9.17, 15) is 4.79 Å². The van der Waals surface area contributed by atoms with Gasteiger partial charge in [-0.3, -0.25) is 13.9 Å². The Morgan fingerprint density at radius 3 is 2.03 bits per heavy atom. The van der Waals surface area contributed by atoms with Gasteiger partial charge in [0.25, 0.3) is 13.7 Å². The fourth-order valence-corrected chi connectivity index (χ4v) is 3.32. The van der Waals surface area contributed by atoms with Crippen LogP contribution in [0.5, 0.6) is 0 Å². The maximum Gasteiger partial charge on any atom is 0.285 e. The highest BCUT2D eigenvalue weighted by Gasteiger charge is 2.32. The van der Waals surface area contributed by atoms with Gasteiger partial charge >= 0.3 is 0 Å². The first-order valence-corrected chi connectivity index (χ1v) is 10.0. The summed E-state index contributed by atoms with van der Waals surface area (Å²) < 4.78 is 10.3. The molecule has 0 radical (unpaired) electrons. The molecule has 0 bridgehead atoms. The van der Waals surface area contributed by atoms with Crippen LogP contribution in [0.3, 0.4) is 0 Å². The fourth-order valence-electron chi connectivity index (χ4n) is 3.32. The number of hydrogen-bond acceptors (Lipinski definition) is 8. The molecule has 6 rings (SSSR count). The highest BCUT2D eigenvalue weighted by molar-refractivity contribution is 7.43. The number of carbonyl (C=O) groups is 1. The van der Waals surface area contributed by atoms with Crippen LogP contribution in [0.4, 0.5) is 0 Å². The molecule has 0 unspecified atom stereocenters. The van der Waals surface area contributed by atoms with E-state index in [0.717, 1.165) is 22.1 Å². The molecule has 1 aliphatic rings. The molecule has 0 atom stereocenters. The normalized spacial score (nSPS) is 12.7. The van der Waals surface area contributed by atoms with Crippen molar-refractivity contribution in [2.24, 2.45) is 0 Å². The number of para-hydroxylation sites is 2. The summed E-state index contributed by atoms with van der Waals surface area (Å²) in [5.74, 6) is 0.302. The Hall–Kier alpha value is -3.63. The first-order valence-electron chi connectivity index (χ1n) is 8.51. The lowest BCUT2D eigenvalue weighted by molar-refractivity contribution is -0.214. The number of imidazole rings is 1. The van der Waals surface area contributed by atoms with Gasteiger partial charge in [-0.25, -0.2) is 24.9 Å². The van der Waals surface area contributed by atoms with Crippen LogP contribution in [0.15, 0.2) is 48.8 Å². The van der Waals surface area contributed by atoms with Crippen molar-refractivity contribution in [3.8, 4) is 11.5 Å². The maximum absolute atomic E-state index is 12.7. The lowest BCUT2D eigenvalue weighted by Crippen LogP contribution is -2.07. The van der Waals surface area contributed by atoms with Gasteiger partial charge in [0.1, 0.15) is 5.69 Å². The van der Waals surface area contributed by atoms with Gasteiger partial charge in [0.05, 0.1) is 33.1 Å². The molecule has 5 aromatic rings. The van der Waals surface area contributed by atoms with Crippen molar-refractivity contribution in [2.45, 2.75) is 0 Å². The van der Waals surface area contributed by atoms with Crippen LogP contribution < -0.4 is 4.89 Å². The molecule has 0 spiro atoms. The summed E-state index contributed by atoms with van der Waals surface area (Å²) in [4.78, 5) is 57.9. The number of hydrogen-bond donors (Lipinski definition) is 2. The van der Waals surface area contributed by atoms with Gasteiger partial charge < -0.3 is 14.7 Å². The summed E-state index contributed by atoms with van der Waals surface area (Å²) in [6.07, 6.45) is 3.08. The second-order valence-electron chi connectivity index (χ2n) is 6.36. The van der Waals surface area contributed by atoms with Crippen LogP contribution in [0.1, 0.15) is 10.5 Å². The molecule has 0 amide bonds. The molecule has 11 nitrogen and oxygen atoms in total. The highest BCUT2D eigenvalue weighted by Crippen LogP contribution is 2.33. The molecule has 148 valence electrons. The smallest absolute Gasteiger partial charge is 0.285 e. The minimum atomic E-state index is -4.89. The van der Waals surface area contributed by atoms with E-state index < -0.39 is 7.82 Å². The molecule has 1 aliphatic heterocycles. The van der Waals surface area contributed by atoms with Gasteiger partial charge in [-0.15, -0.1) is 0 Å². The number of rotatable bonds is 0. The van der Waals surface area contributed by atoms with Crippen molar-refractivity contribution in [3.63, 3.8) is 0 Å². The summed E-state index contributed by atoms with van der Waals surface area (Å²) in [6.45, 7) is 0. The third-order valence-electron chi connectivity index (χ3n) is 4.43. The average molecular weight is 421 g/mol. The Morgan fingerprint density at radius 1 is 0.833 bits per heavy atom. The standard InChI is InChI=1S/C18H8N6O.H3O4P/c25-18-16-15(19-5-6-20-16)17-23-13-7-11-12(8-14(13)24(17)18)22-10-4-2-1-3-9(10)21-11;1-5(2,3)4/h1-8H;(H3,1,2,3,4)/p-1. The van der Waals surface area contributed by atoms with E-state index in [1.54, 1.807) is 10.8 Å². The zero-order chi connectivity index (χ0) is 21.0. The van der Waals surface area contributed by atoms with Gasteiger partial charge in [0, 0.05) is 12.4 Å². The van der Waals surface area contributed by atoms with E-state index in [1.165, 1.54) is 6.20 Å². The molecule has 0 aliphatic carbocycles. The third-order valence-corrected chi connectivity index (χ3v) is 4.43. The largest absolute Gasteiger partial charge is 0.756 e. The fraction of sp³-hybridized carbons (Fsp3) is 0. The maximum atomic E-state index is 12.7. The number of carbonyl (C=O) groups excluding carboxylic acids is 1. The minimum absolute atomic E-state index is 0.214. The average Bonchev–Trinajstić information content (AvgIpc) is 3.19. The van der Waals surface area contributed by atoms with Gasteiger partial charge in [0.15, 0.2) is 11.5 Å². The van der Waals surface area contributed by atoms with Crippen LogP contribution >= 0.6 is 7.82 Å². The number of aromatic nitrogens is 6. The second-order valence-corrected chi connectivity index (χ2v) is 7.34. The van der Waals surface area contributed by atoms with E-state index in [-0.39, 0.29) is 5.91 Å². The molecular weight excluding hydrogens is 411 g/mol. The predicted octanol–water partition coefficient (Wildman–Crippen LogP) is 1.03. The molecule has 12 heteroatoms. The van der Waals surface area contributed by atoms with Crippen LogP contribution in [0.2, 0.25) is 0 Å². The van der Waals surface area contributed by atoms with Crippen molar-refractivity contribution < 1.29 is 24.0 Å². The molecular formula is C18H10N6O5P-. The van der Waals surface area contributed by atoms with E-state index in [2.05, 4.69) is 24.9 Å². The zero-order valence-electron chi connectivity index (χ0n) is 14.9. The van der Waals surface area contributed by atoms with E-state index >= 15 is 0 Å². The first-order chi connectivity index (χ1) is 14.3. The monoisotopic (exact) mass is 421 g/mol. The van der Waals surface area contributed by atoms with E-state index in [1.807, 2.05) is 36.4 Å². The highest BCUT2D eigenvalue weighted by atomic mass is 31.2. The summed E-state index contributed by atoms with van der Waals surface area (Å²) in [7, 11) is -4.89. The van der Waals surface area contributed by atoms with Gasteiger partial charge in [-0.1, -0.05) is 12.1 Å². The van der Waals surface area contributed by atoms with Crippen molar-refractivity contribution >= 4 is 46.8 Å². The van der Waals surface area contributed by atoms with Crippen LogP contribution in [0, 0.1) is 0 Å². The number of benzene rings is 2. The van der Waals surface area contributed by atoms with E-state index in [0.29, 0.717) is 28.2 Å². The lowest BCUT2D eigenvalue weighted by atomic mass is 10.2. The van der Waals surface area contributed by atoms with Crippen molar-refractivity contribution in [1.82, 2.24) is 29.5 Å². The van der Waals surface area contributed by atoms with Gasteiger partial charge in [0.2, 0.25) is 0 Å². The summed E-state index contributed by atoms with van der Waals surface area (Å²) in [5, 5.41) is 0. The van der Waals surface area contributed by atoms with Gasteiger partial charge in [-0.2, -0.15) is 0 Å². The summed E-state index contributed by atoms with van der Waals surface area (Å²) in [6, 6.07) is 11.4. The Balaban J connectivity index is 0.000000349. The Labute approximate surface area is 167 Å².